The molecule has 2 aliphatic rings. The summed E-state index contributed by atoms with van der Waals surface area (Å²) in [7, 11) is 1.73. The standard InChI is InChI=1S/C16H23NO2/c1-18-15-6-2-5-14(8-15)16(11-19-12-16)9-13-4-3-7-17-10-13/h2,5-6,8,13,17H,3-4,7,9-12H2,1H3. The van der Waals surface area contributed by atoms with E-state index in [1.165, 1.54) is 31.4 Å². The van der Waals surface area contributed by atoms with Crippen LogP contribution >= 0.6 is 0 Å². The molecule has 1 atom stereocenters. The van der Waals surface area contributed by atoms with Crippen molar-refractivity contribution in [1.82, 2.24) is 5.32 Å². The summed E-state index contributed by atoms with van der Waals surface area (Å²) in [5, 5.41) is 3.51. The lowest BCUT2D eigenvalue weighted by atomic mass is 9.71. The van der Waals surface area contributed by atoms with Gasteiger partial charge >= 0.3 is 0 Å². The summed E-state index contributed by atoms with van der Waals surface area (Å²) in [6.07, 6.45) is 3.88. The maximum absolute atomic E-state index is 5.55. The van der Waals surface area contributed by atoms with E-state index in [9.17, 15) is 0 Å². The van der Waals surface area contributed by atoms with Crippen molar-refractivity contribution in [3.63, 3.8) is 0 Å². The van der Waals surface area contributed by atoms with Crippen molar-refractivity contribution >= 4 is 0 Å². The van der Waals surface area contributed by atoms with Crippen LogP contribution in [0.4, 0.5) is 0 Å². The zero-order valence-corrected chi connectivity index (χ0v) is 11.7. The van der Waals surface area contributed by atoms with E-state index in [1.807, 2.05) is 6.07 Å². The summed E-state index contributed by atoms with van der Waals surface area (Å²) in [4.78, 5) is 0. The van der Waals surface area contributed by atoms with Gasteiger partial charge in [0.05, 0.1) is 20.3 Å². The fourth-order valence-corrected chi connectivity index (χ4v) is 3.35. The number of nitrogens with one attached hydrogen (secondary N) is 1. The molecule has 0 aromatic heterocycles. The Morgan fingerprint density at radius 3 is 2.95 bits per heavy atom. The lowest BCUT2D eigenvalue weighted by Gasteiger charge is -2.45. The number of benzene rings is 1. The topological polar surface area (TPSA) is 30.5 Å². The second-order valence-corrected chi connectivity index (χ2v) is 5.92. The third-order valence-electron chi connectivity index (χ3n) is 4.52. The van der Waals surface area contributed by atoms with Crippen molar-refractivity contribution in [2.45, 2.75) is 24.7 Å². The molecule has 3 nitrogen and oxygen atoms in total. The zero-order valence-electron chi connectivity index (χ0n) is 11.7. The first-order chi connectivity index (χ1) is 9.32. The molecule has 0 bridgehead atoms. The maximum atomic E-state index is 5.55. The van der Waals surface area contributed by atoms with Crippen LogP contribution in [-0.4, -0.2) is 33.4 Å². The summed E-state index contributed by atoms with van der Waals surface area (Å²) < 4.78 is 10.9. The van der Waals surface area contributed by atoms with Crippen molar-refractivity contribution in [1.29, 1.82) is 0 Å². The van der Waals surface area contributed by atoms with Crippen molar-refractivity contribution in [2.75, 3.05) is 33.4 Å². The molecule has 1 aromatic rings. The van der Waals surface area contributed by atoms with Crippen LogP contribution in [0.15, 0.2) is 24.3 Å². The van der Waals surface area contributed by atoms with Crippen LogP contribution in [0.1, 0.15) is 24.8 Å². The molecule has 0 radical (unpaired) electrons. The lowest BCUT2D eigenvalue weighted by molar-refractivity contribution is -0.0727. The third-order valence-corrected chi connectivity index (χ3v) is 4.52. The molecule has 2 aliphatic heterocycles. The van der Waals surface area contributed by atoms with Gasteiger partial charge in [0.1, 0.15) is 5.75 Å². The van der Waals surface area contributed by atoms with Gasteiger partial charge in [-0.3, -0.25) is 0 Å². The zero-order chi connectivity index (χ0) is 13.1. The smallest absolute Gasteiger partial charge is 0.119 e. The Morgan fingerprint density at radius 1 is 1.42 bits per heavy atom. The molecule has 1 unspecified atom stereocenters. The quantitative estimate of drug-likeness (QED) is 0.902. The minimum atomic E-state index is 0.220. The molecule has 2 heterocycles. The summed E-state index contributed by atoms with van der Waals surface area (Å²) in [6, 6.07) is 8.51. The van der Waals surface area contributed by atoms with Gasteiger partial charge in [0.2, 0.25) is 0 Å². The molecular weight excluding hydrogens is 238 g/mol. The van der Waals surface area contributed by atoms with Gasteiger partial charge in [0.25, 0.3) is 0 Å². The van der Waals surface area contributed by atoms with Crippen LogP contribution in [-0.2, 0) is 10.2 Å². The highest BCUT2D eigenvalue weighted by Crippen LogP contribution is 2.40. The van der Waals surface area contributed by atoms with Gasteiger partial charge in [0, 0.05) is 5.41 Å². The van der Waals surface area contributed by atoms with E-state index in [-0.39, 0.29) is 5.41 Å². The average molecular weight is 261 g/mol. The van der Waals surface area contributed by atoms with Crippen LogP contribution in [0, 0.1) is 5.92 Å². The molecule has 1 aromatic carbocycles. The molecule has 3 rings (SSSR count). The number of methoxy groups -OCH3 is 1. The van der Waals surface area contributed by atoms with Crippen LogP contribution < -0.4 is 10.1 Å². The van der Waals surface area contributed by atoms with Gasteiger partial charge in [-0.15, -0.1) is 0 Å². The molecule has 0 amide bonds. The third kappa shape index (κ3) is 2.63. The SMILES string of the molecule is COc1cccc(C2(CC3CCCNC3)COC2)c1. The Labute approximate surface area is 115 Å². The Morgan fingerprint density at radius 2 is 2.32 bits per heavy atom. The predicted molar refractivity (Wildman–Crippen MR) is 75.7 cm³/mol. The second-order valence-electron chi connectivity index (χ2n) is 5.92. The fourth-order valence-electron chi connectivity index (χ4n) is 3.35. The van der Waals surface area contributed by atoms with Crippen molar-refractivity contribution in [3.8, 4) is 5.75 Å². The van der Waals surface area contributed by atoms with Crippen molar-refractivity contribution in [2.24, 2.45) is 5.92 Å². The molecule has 0 saturated carbocycles. The monoisotopic (exact) mass is 261 g/mol. The summed E-state index contributed by atoms with van der Waals surface area (Å²) in [6.45, 7) is 4.05. The van der Waals surface area contributed by atoms with E-state index >= 15 is 0 Å². The highest BCUT2D eigenvalue weighted by Gasteiger charge is 2.42. The fraction of sp³-hybridized carbons (Fsp3) is 0.625. The lowest BCUT2D eigenvalue weighted by Crippen LogP contribution is -2.49. The summed E-state index contributed by atoms with van der Waals surface area (Å²) >= 11 is 0. The first-order valence-electron chi connectivity index (χ1n) is 7.25. The first kappa shape index (κ1) is 12.9. The molecule has 104 valence electrons. The highest BCUT2D eigenvalue weighted by molar-refractivity contribution is 5.35. The number of rotatable bonds is 4. The molecule has 2 saturated heterocycles. The van der Waals surface area contributed by atoms with Crippen molar-refractivity contribution in [3.05, 3.63) is 29.8 Å². The summed E-state index contributed by atoms with van der Waals surface area (Å²) in [5.41, 5.74) is 1.60. The van der Waals surface area contributed by atoms with Gasteiger partial charge in [-0.25, -0.2) is 0 Å². The highest BCUT2D eigenvalue weighted by atomic mass is 16.5. The minimum absolute atomic E-state index is 0.220. The van der Waals surface area contributed by atoms with Crippen LogP contribution in [0.5, 0.6) is 5.75 Å². The number of hydrogen-bond acceptors (Lipinski definition) is 3. The number of hydrogen-bond donors (Lipinski definition) is 1. The van der Waals surface area contributed by atoms with Gasteiger partial charge in [-0.2, -0.15) is 0 Å². The van der Waals surface area contributed by atoms with Gasteiger partial charge in [0.15, 0.2) is 0 Å². The molecule has 0 aliphatic carbocycles. The normalized spacial score (nSPS) is 25.6. The molecule has 1 N–H and O–H groups in total. The van der Waals surface area contributed by atoms with Gasteiger partial charge in [-0.1, -0.05) is 12.1 Å². The molecule has 0 spiro atoms. The summed E-state index contributed by atoms with van der Waals surface area (Å²) in [5.74, 6) is 1.73. The molecular formula is C16H23NO2. The molecule has 3 heteroatoms. The van der Waals surface area contributed by atoms with Crippen LogP contribution in [0.3, 0.4) is 0 Å². The van der Waals surface area contributed by atoms with E-state index in [2.05, 4.69) is 23.5 Å². The van der Waals surface area contributed by atoms with Crippen LogP contribution in [0.2, 0.25) is 0 Å². The van der Waals surface area contributed by atoms with E-state index in [0.717, 1.165) is 31.4 Å². The van der Waals surface area contributed by atoms with E-state index < -0.39 is 0 Å². The molecule has 19 heavy (non-hydrogen) atoms. The first-order valence-corrected chi connectivity index (χ1v) is 7.25. The molecule has 2 fully saturated rings. The van der Waals surface area contributed by atoms with Crippen LogP contribution in [0.25, 0.3) is 0 Å². The van der Waals surface area contributed by atoms with E-state index in [0.29, 0.717) is 0 Å². The minimum Gasteiger partial charge on any atom is -0.497 e. The Balaban J connectivity index is 1.77. The Hall–Kier alpha value is -1.06. The van der Waals surface area contributed by atoms with Gasteiger partial charge < -0.3 is 14.8 Å². The average Bonchev–Trinajstić information content (AvgIpc) is 2.44. The largest absolute Gasteiger partial charge is 0.497 e. The van der Waals surface area contributed by atoms with Crippen molar-refractivity contribution < 1.29 is 9.47 Å². The number of piperidine rings is 1. The predicted octanol–water partition coefficient (Wildman–Crippen LogP) is 2.35. The number of ether oxygens (including phenoxy) is 2. The maximum Gasteiger partial charge on any atom is 0.119 e. The second kappa shape index (κ2) is 5.51. The Kier molecular flexibility index (Phi) is 3.76. The van der Waals surface area contributed by atoms with E-state index in [4.69, 9.17) is 9.47 Å². The van der Waals surface area contributed by atoms with E-state index in [1.54, 1.807) is 7.11 Å². The Bertz CT molecular complexity index is 423. The van der Waals surface area contributed by atoms with Gasteiger partial charge in [-0.05, 0) is 56.0 Å².